The highest BCUT2D eigenvalue weighted by molar-refractivity contribution is 7.12. The van der Waals surface area contributed by atoms with Crippen molar-refractivity contribution in [1.82, 2.24) is 9.88 Å². The van der Waals surface area contributed by atoms with Gasteiger partial charge in [0.2, 0.25) is 0 Å². The van der Waals surface area contributed by atoms with E-state index in [4.69, 9.17) is 11.6 Å². The molecule has 5 heteroatoms. The number of halogens is 1. The number of nitrogens with zero attached hydrogens (tertiary/aromatic N) is 1. The van der Waals surface area contributed by atoms with Gasteiger partial charge in [0, 0.05) is 28.2 Å². The van der Waals surface area contributed by atoms with Gasteiger partial charge in [-0.1, -0.05) is 48.0 Å². The summed E-state index contributed by atoms with van der Waals surface area (Å²) in [5.41, 5.74) is 4.60. The Morgan fingerprint density at radius 3 is 2.67 bits per heavy atom. The van der Waals surface area contributed by atoms with Crippen LogP contribution in [0.5, 0.6) is 0 Å². The summed E-state index contributed by atoms with van der Waals surface area (Å²) in [5, 5.41) is 3.89. The maximum Gasteiger partial charge on any atom is 0.264 e. The van der Waals surface area contributed by atoms with Crippen LogP contribution in [0.4, 0.5) is 0 Å². The molecule has 0 bridgehead atoms. The van der Waals surface area contributed by atoms with E-state index in [1.807, 2.05) is 52.7 Å². The average Bonchev–Trinajstić information content (AvgIpc) is 3.35. The van der Waals surface area contributed by atoms with Crippen LogP contribution in [0.3, 0.4) is 0 Å². The first-order chi connectivity index (χ1) is 13.2. The van der Waals surface area contributed by atoms with E-state index < -0.39 is 0 Å². The van der Waals surface area contributed by atoms with Crippen LogP contribution in [-0.2, 0) is 6.42 Å². The highest BCUT2D eigenvalue weighted by atomic mass is 35.5. The number of rotatable bonds is 2. The summed E-state index contributed by atoms with van der Waals surface area (Å²) < 4.78 is 0. The highest BCUT2D eigenvalue weighted by Crippen LogP contribution is 2.39. The van der Waals surface area contributed by atoms with Crippen LogP contribution in [0.1, 0.15) is 32.5 Å². The number of aromatic amines is 1. The third kappa shape index (κ3) is 2.76. The Balaban J connectivity index is 1.68. The first-order valence-corrected chi connectivity index (χ1v) is 10.2. The number of carbonyl (C=O) groups excluding carboxylic acids is 1. The van der Waals surface area contributed by atoms with Crippen molar-refractivity contribution < 1.29 is 4.79 Å². The number of H-pyrrole nitrogens is 1. The highest BCUT2D eigenvalue weighted by Gasteiger charge is 2.35. The average molecular weight is 393 g/mol. The maximum atomic E-state index is 13.2. The van der Waals surface area contributed by atoms with Crippen LogP contribution in [-0.4, -0.2) is 22.3 Å². The van der Waals surface area contributed by atoms with Crippen molar-refractivity contribution in [2.75, 3.05) is 6.54 Å². The summed E-state index contributed by atoms with van der Waals surface area (Å²) >= 11 is 7.60. The van der Waals surface area contributed by atoms with Crippen molar-refractivity contribution in [2.24, 2.45) is 0 Å². The van der Waals surface area contributed by atoms with Gasteiger partial charge in [-0.25, -0.2) is 0 Å². The van der Waals surface area contributed by atoms with Gasteiger partial charge in [-0.05, 0) is 47.2 Å². The summed E-state index contributed by atoms with van der Waals surface area (Å²) in [6.45, 7) is 0.693. The van der Waals surface area contributed by atoms with Crippen LogP contribution in [0.25, 0.3) is 10.9 Å². The molecule has 0 fully saturated rings. The molecule has 3 nitrogen and oxygen atoms in total. The number of hydrogen-bond donors (Lipinski definition) is 1. The minimum absolute atomic E-state index is 0.0780. The van der Waals surface area contributed by atoms with Crippen LogP contribution in [0, 0.1) is 0 Å². The lowest BCUT2D eigenvalue weighted by atomic mass is 9.92. The summed E-state index contributed by atoms with van der Waals surface area (Å²) in [5.74, 6) is 0.0780. The van der Waals surface area contributed by atoms with E-state index in [9.17, 15) is 4.79 Å². The molecule has 4 aromatic rings. The van der Waals surface area contributed by atoms with Gasteiger partial charge in [0.1, 0.15) is 0 Å². The predicted molar refractivity (Wildman–Crippen MR) is 111 cm³/mol. The van der Waals surface area contributed by atoms with Gasteiger partial charge in [-0.15, -0.1) is 11.3 Å². The van der Waals surface area contributed by atoms with Gasteiger partial charge in [0.05, 0.1) is 10.9 Å². The quantitative estimate of drug-likeness (QED) is 0.468. The number of nitrogens with one attached hydrogen (secondary N) is 1. The summed E-state index contributed by atoms with van der Waals surface area (Å²) in [7, 11) is 0. The fourth-order valence-corrected chi connectivity index (χ4v) is 4.80. The number of carbonyl (C=O) groups is 1. The minimum atomic E-state index is -0.145. The monoisotopic (exact) mass is 392 g/mol. The lowest BCUT2D eigenvalue weighted by Gasteiger charge is -2.36. The standard InChI is InChI=1S/C22H17ClN2OS/c23-15-9-7-14(8-10-15)21-20-17(16-4-1-2-5-18(16)24-20)11-12-25(21)22(26)19-6-3-13-27-19/h1-10,13,21,24H,11-12H2/t21-/m1/s1. The number of hydrogen-bond acceptors (Lipinski definition) is 2. The number of benzene rings is 2. The van der Waals surface area contributed by atoms with Crippen molar-refractivity contribution in [3.63, 3.8) is 0 Å². The number of amides is 1. The maximum absolute atomic E-state index is 13.2. The van der Waals surface area contributed by atoms with E-state index in [1.165, 1.54) is 22.3 Å². The molecule has 134 valence electrons. The molecule has 3 heterocycles. The van der Waals surface area contributed by atoms with E-state index in [1.54, 1.807) is 0 Å². The molecule has 0 aliphatic carbocycles. The second-order valence-electron chi connectivity index (χ2n) is 6.74. The molecule has 1 amide bonds. The Morgan fingerprint density at radius 1 is 1.07 bits per heavy atom. The molecule has 0 saturated heterocycles. The lowest BCUT2D eigenvalue weighted by molar-refractivity contribution is 0.0697. The third-order valence-corrected chi connectivity index (χ3v) is 6.32. The molecule has 1 N–H and O–H groups in total. The van der Waals surface area contributed by atoms with Gasteiger partial charge < -0.3 is 9.88 Å². The Hall–Kier alpha value is -2.56. The summed E-state index contributed by atoms with van der Waals surface area (Å²) in [4.78, 5) is 19.6. The van der Waals surface area contributed by atoms with Crippen molar-refractivity contribution in [3.05, 3.63) is 92.8 Å². The molecule has 0 unspecified atom stereocenters. The Bertz CT molecular complexity index is 1120. The number of fused-ring (bicyclic) bond motifs is 3. The van der Waals surface area contributed by atoms with Gasteiger partial charge in [-0.3, -0.25) is 4.79 Å². The second-order valence-corrected chi connectivity index (χ2v) is 8.13. The lowest BCUT2D eigenvalue weighted by Crippen LogP contribution is -2.40. The topological polar surface area (TPSA) is 36.1 Å². The second kappa shape index (κ2) is 6.55. The molecule has 1 aliphatic rings. The largest absolute Gasteiger partial charge is 0.356 e. The van der Waals surface area contributed by atoms with E-state index in [-0.39, 0.29) is 11.9 Å². The van der Waals surface area contributed by atoms with E-state index >= 15 is 0 Å². The molecule has 2 aromatic heterocycles. The minimum Gasteiger partial charge on any atom is -0.356 e. The van der Waals surface area contributed by atoms with Gasteiger partial charge >= 0.3 is 0 Å². The normalized spacial score (nSPS) is 16.5. The first-order valence-electron chi connectivity index (χ1n) is 8.92. The molecule has 0 spiro atoms. The fourth-order valence-electron chi connectivity index (χ4n) is 3.99. The molecule has 27 heavy (non-hydrogen) atoms. The predicted octanol–water partition coefficient (Wildman–Crippen LogP) is 5.67. The first kappa shape index (κ1) is 16.6. The van der Waals surface area contributed by atoms with Gasteiger partial charge in [0.25, 0.3) is 5.91 Å². The van der Waals surface area contributed by atoms with Crippen molar-refractivity contribution >= 4 is 39.7 Å². The summed E-state index contributed by atoms with van der Waals surface area (Å²) in [6.07, 6.45) is 0.848. The summed E-state index contributed by atoms with van der Waals surface area (Å²) in [6, 6.07) is 19.8. The smallest absolute Gasteiger partial charge is 0.264 e. The molecular weight excluding hydrogens is 376 g/mol. The Labute approximate surface area is 166 Å². The molecular formula is C22H17ClN2OS. The Morgan fingerprint density at radius 2 is 1.89 bits per heavy atom. The van der Waals surface area contributed by atoms with E-state index in [0.717, 1.165) is 28.1 Å². The molecule has 5 rings (SSSR count). The number of thiophene rings is 1. The van der Waals surface area contributed by atoms with Crippen molar-refractivity contribution in [2.45, 2.75) is 12.5 Å². The SMILES string of the molecule is O=C(c1cccs1)N1CCc2c([nH]c3ccccc23)[C@H]1c1ccc(Cl)cc1. The zero-order chi connectivity index (χ0) is 18.4. The van der Waals surface area contributed by atoms with Gasteiger partial charge in [0.15, 0.2) is 0 Å². The van der Waals surface area contributed by atoms with Crippen LogP contribution in [0.2, 0.25) is 5.02 Å². The zero-order valence-corrected chi connectivity index (χ0v) is 16.1. The van der Waals surface area contributed by atoms with E-state index in [0.29, 0.717) is 11.6 Å². The molecule has 1 atom stereocenters. The zero-order valence-electron chi connectivity index (χ0n) is 14.5. The van der Waals surface area contributed by atoms with Crippen molar-refractivity contribution in [3.8, 4) is 0 Å². The fraction of sp³-hybridized carbons (Fsp3) is 0.136. The number of para-hydroxylation sites is 1. The number of aromatic nitrogens is 1. The van der Waals surface area contributed by atoms with Gasteiger partial charge in [-0.2, -0.15) is 0 Å². The molecule has 0 radical (unpaired) electrons. The van der Waals surface area contributed by atoms with E-state index in [2.05, 4.69) is 23.2 Å². The Kier molecular flexibility index (Phi) is 4.03. The third-order valence-electron chi connectivity index (χ3n) is 5.21. The van der Waals surface area contributed by atoms with Crippen LogP contribution < -0.4 is 0 Å². The van der Waals surface area contributed by atoms with Crippen LogP contribution >= 0.6 is 22.9 Å². The van der Waals surface area contributed by atoms with Crippen LogP contribution in [0.15, 0.2) is 66.0 Å². The molecule has 1 aliphatic heterocycles. The molecule has 2 aromatic carbocycles. The molecule has 0 saturated carbocycles. The van der Waals surface area contributed by atoms with Crippen molar-refractivity contribution in [1.29, 1.82) is 0 Å².